The van der Waals surface area contributed by atoms with E-state index in [1.165, 1.54) is 18.2 Å². The van der Waals surface area contributed by atoms with Crippen LogP contribution in [0.15, 0.2) is 109 Å². The summed E-state index contributed by atoms with van der Waals surface area (Å²) in [6.07, 6.45) is 2.91. The maximum atomic E-state index is 13.0. The summed E-state index contributed by atoms with van der Waals surface area (Å²) in [6.45, 7) is 0. The van der Waals surface area contributed by atoms with Gasteiger partial charge in [0.1, 0.15) is 5.82 Å². The molecular formula is C28H22FN3O2. The molecule has 0 aliphatic rings. The van der Waals surface area contributed by atoms with Crippen LogP contribution in [0.2, 0.25) is 0 Å². The van der Waals surface area contributed by atoms with Gasteiger partial charge < -0.3 is 16.0 Å². The van der Waals surface area contributed by atoms with Crippen LogP contribution in [0.1, 0.15) is 15.9 Å². The summed E-state index contributed by atoms with van der Waals surface area (Å²) in [5, 5.41) is 8.87. The second kappa shape index (κ2) is 10.7. The lowest BCUT2D eigenvalue weighted by Crippen LogP contribution is -2.17. The zero-order valence-electron chi connectivity index (χ0n) is 18.2. The van der Waals surface area contributed by atoms with Gasteiger partial charge in [0.2, 0.25) is 5.91 Å². The van der Waals surface area contributed by atoms with Crippen LogP contribution >= 0.6 is 0 Å². The highest BCUT2D eigenvalue weighted by molar-refractivity contribution is 6.11. The van der Waals surface area contributed by atoms with Crippen molar-refractivity contribution in [2.75, 3.05) is 16.0 Å². The van der Waals surface area contributed by atoms with Crippen LogP contribution in [0.4, 0.5) is 27.1 Å². The van der Waals surface area contributed by atoms with Crippen molar-refractivity contribution in [3.05, 3.63) is 126 Å². The van der Waals surface area contributed by atoms with Gasteiger partial charge in [0.05, 0.1) is 11.3 Å². The fourth-order valence-corrected chi connectivity index (χ4v) is 3.23. The molecule has 0 saturated carbocycles. The first-order valence-electron chi connectivity index (χ1n) is 10.6. The molecule has 3 N–H and O–H groups in total. The van der Waals surface area contributed by atoms with E-state index in [0.717, 1.165) is 11.4 Å². The molecule has 0 aromatic heterocycles. The lowest BCUT2D eigenvalue weighted by atomic mass is 10.1. The van der Waals surface area contributed by atoms with Gasteiger partial charge in [-0.15, -0.1) is 0 Å². The van der Waals surface area contributed by atoms with Crippen LogP contribution in [0.5, 0.6) is 0 Å². The molecule has 4 aromatic rings. The molecule has 2 amide bonds. The van der Waals surface area contributed by atoms with Crippen molar-refractivity contribution in [2.45, 2.75) is 0 Å². The summed E-state index contributed by atoms with van der Waals surface area (Å²) in [6, 6.07) is 29.7. The molecule has 4 rings (SSSR count). The lowest BCUT2D eigenvalue weighted by molar-refractivity contribution is -0.111. The molecule has 5 nitrogen and oxygen atoms in total. The van der Waals surface area contributed by atoms with Gasteiger partial charge in [-0.3, -0.25) is 9.59 Å². The SMILES string of the molecule is O=C(C=Cc1ccc(F)cc1)Nc1ccccc1C(=O)Nc1ccc(Nc2ccccc2)cc1. The Labute approximate surface area is 197 Å². The van der Waals surface area contributed by atoms with Crippen molar-refractivity contribution in [3.63, 3.8) is 0 Å². The van der Waals surface area contributed by atoms with Gasteiger partial charge in [0, 0.05) is 23.1 Å². The summed E-state index contributed by atoms with van der Waals surface area (Å²) in [4.78, 5) is 25.2. The maximum absolute atomic E-state index is 13.0. The second-order valence-corrected chi connectivity index (χ2v) is 7.44. The number of anilines is 4. The van der Waals surface area contributed by atoms with Crippen LogP contribution in [-0.4, -0.2) is 11.8 Å². The third-order valence-corrected chi connectivity index (χ3v) is 4.93. The first kappa shape index (κ1) is 22.5. The number of para-hydroxylation sites is 2. The minimum Gasteiger partial charge on any atom is -0.356 e. The number of amides is 2. The fraction of sp³-hybridized carbons (Fsp3) is 0. The van der Waals surface area contributed by atoms with Crippen molar-refractivity contribution >= 4 is 40.6 Å². The van der Waals surface area contributed by atoms with Crippen LogP contribution in [-0.2, 0) is 4.79 Å². The number of hydrogen-bond donors (Lipinski definition) is 3. The fourth-order valence-electron chi connectivity index (χ4n) is 3.23. The molecule has 0 spiro atoms. The smallest absolute Gasteiger partial charge is 0.257 e. The Balaban J connectivity index is 1.40. The van der Waals surface area contributed by atoms with E-state index in [-0.39, 0.29) is 11.7 Å². The Hall–Kier alpha value is -4.71. The number of benzene rings is 4. The van der Waals surface area contributed by atoms with E-state index >= 15 is 0 Å². The summed E-state index contributed by atoms with van der Waals surface area (Å²) < 4.78 is 13.0. The molecule has 0 radical (unpaired) electrons. The summed E-state index contributed by atoms with van der Waals surface area (Å²) >= 11 is 0. The zero-order chi connectivity index (χ0) is 23.8. The lowest BCUT2D eigenvalue weighted by Gasteiger charge is -2.11. The predicted octanol–water partition coefficient (Wildman–Crippen LogP) is 6.47. The number of halogens is 1. The van der Waals surface area contributed by atoms with Crippen molar-refractivity contribution in [2.24, 2.45) is 0 Å². The van der Waals surface area contributed by atoms with E-state index in [1.54, 1.807) is 54.6 Å². The molecule has 34 heavy (non-hydrogen) atoms. The molecule has 6 heteroatoms. The Bertz CT molecular complexity index is 1300. The minimum atomic E-state index is -0.402. The molecule has 0 aliphatic carbocycles. The normalized spacial score (nSPS) is 10.6. The van der Waals surface area contributed by atoms with E-state index in [4.69, 9.17) is 0 Å². The summed E-state index contributed by atoms with van der Waals surface area (Å²) in [7, 11) is 0. The van der Waals surface area contributed by atoms with Gasteiger partial charge in [0.15, 0.2) is 0 Å². The summed E-state index contributed by atoms with van der Waals surface area (Å²) in [5.74, 6) is -1.09. The highest BCUT2D eigenvalue weighted by Gasteiger charge is 2.12. The molecule has 0 atom stereocenters. The molecule has 4 aromatic carbocycles. The standard InChI is InChI=1S/C28H22FN3O2/c29-21-13-10-20(11-14-21)12-19-27(33)32-26-9-5-4-8-25(26)28(34)31-24-17-15-23(16-18-24)30-22-6-2-1-3-7-22/h1-19,30H,(H,31,34)(H,32,33). The number of rotatable bonds is 7. The van der Waals surface area contributed by atoms with Crippen LogP contribution < -0.4 is 16.0 Å². The monoisotopic (exact) mass is 451 g/mol. The van der Waals surface area contributed by atoms with Gasteiger partial charge >= 0.3 is 0 Å². The van der Waals surface area contributed by atoms with E-state index in [1.807, 2.05) is 42.5 Å². The van der Waals surface area contributed by atoms with E-state index in [0.29, 0.717) is 22.5 Å². The third kappa shape index (κ3) is 6.17. The van der Waals surface area contributed by atoms with Crippen molar-refractivity contribution in [3.8, 4) is 0 Å². The van der Waals surface area contributed by atoms with Crippen LogP contribution in [0, 0.1) is 5.82 Å². The van der Waals surface area contributed by atoms with Gasteiger partial charge in [-0.2, -0.15) is 0 Å². The molecule has 0 fully saturated rings. The zero-order valence-corrected chi connectivity index (χ0v) is 18.2. The molecule has 0 saturated heterocycles. The topological polar surface area (TPSA) is 70.2 Å². The number of hydrogen-bond acceptors (Lipinski definition) is 3. The largest absolute Gasteiger partial charge is 0.356 e. The first-order chi connectivity index (χ1) is 16.6. The molecule has 0 bridgehead atoms. The van der Waals surface area contributed by atoms with E-state index in [9.17, 15) is 14.0 Å². The molecule has 0 unspecified atom stereocenters. The molecule has 0 aliphatic heterocycles. The van der Waals surface area contributed by atoms with Gasteiger partial charge in [-0.1, -0.05) is 42.5 Å². The Morgan fingerprint density at radius 2 is 1.26 bits per heavy atom. The van der Waals surface area contributed by atoms with Crippen LogP contribution in [0.25, 0.3) is 6.08 Å². The minimum absolute atomic E-state index is 0.331. The first-order valence-corrected chi connectivity index (χ1v) is 10.6. The summed E-state index contributed by atoms with van der Waals surface area (Å²) in [5.41, 5.74) is 3.89. The highest BCUT2D eigenvalue weighted by atomic mass is 19.1. The molecular weight excluding hydrogens is 429 g/mol. The number of carbonyl (C=O) groups excluding carboxylic acids is 2. The number of carbonyl (C=O) groups is 2. The average Bonchev–Trinajstić information content (AvgIpc) is 2.86. The quantitative estimate of drug-likeness (QED) is 0.282. The molecule has 0 heterocycles. The van der Waals surface area contributed by atoms with Crippen molar-refractivity contribution < 1.29 is 14.0 Å². The van der Waals surface area contributed by atoms with Gasteiger partial charge in [-0.25, -0.2) is 4.39 Å². The molecule has 168 valence electrons. The Kier molecular flexibility index (Phi) is 7.10. The average molecular weight is 452 g/mol. The maximum Gasteiger partial charge on any atom is 0.257 e. The highest BCUT2D eigenvalue weighted by Crippen LogP contribution is 2.21. The third-order valence-electron chi connectivity index (χ3n) is 4.93. The Morgan fingerprint density at radius 1 is 0.647 bits per heavy atom. The van der Waals surface area contributed by atoms with Gasteiger partial charge in [-0.05, 0) is 72.3 Å². The second-order valence-electron chi connectivity index (χ2n) is 7.44. The van der Waals surface area contributed by atoms with E-state index < -0.39 is 5.91 Å². The van der Waals surface area contributed by atoms with Crippen molar-refractivity contribution in [1.82, 2.24) is 0 Å². The predicted molar refractivity (Wildman–Crippen MR) is 135 cm³/mol. The Morgan fingerprint density at radius 3 is 2.00 bits per heavy atom. The number of nitrogens with one attached hydrogen (secondary N) is 3. The van der Waals surface area contributed by atoms with Crippen LogP contribution in [0.3, 0.4) is 0 Å². The van der Waals surface area contributed by atoms with Gasteiger partial charge in [0.25, 0.3) is 5.91 Å². The van der Waals surface area contributed by atoms with Crippen molar-refractivity contribution in [1.29, 1.82) is 0 Å². The van der Waals surface area contributed by atoms with E-state index in [2.05, 4.69) is 16.0 Å².